The molecule has 0 heterocycles. The predicted molar refractivity (Wildman–Crippen MR) is 52.2 cm³/mol. The van der Waals surface area contributed by atoms with Gasteiger partial charge < -0.3 is 14.8 Å². The normalized spacial score (nSPS) is 17.7. The van der Waals surface area contributed by atoms with Gasteiger partial charge in [0.2, 0.25) is 0 Å². The van der Waals surface area contributed by atoms with E-state index in [0.29, 0.717) is 18.7 Å². The number of hydrogen-bond acceptors (Lipinski definition) is 2. The minimum atomic E-state index is -0.984. The van der Waals surface area contributed by atoms with Gasteiger partial charge in [-0.1, -0.05) is 19.3 Å². The van der Waals surface area contributed by atoms with E-state index in [-0.39, 0.29) is 6.54 Å². The van der Waals surface area contributed by atoms with Crippen LogP contribution in [-0.2, 0) is 4.79 Å². The van der Waals surface area contributed by atoms with Gasteiger partial charge in [0, 0.05) is 6.54 Å². The van der Waals surface area contributed by atoms with Gasteiger partial charge in [0.25, 0.3) is 0 Å². The smallest absolute Gasteiger partial charge is 0.407 e. The van der Waals surface area contributed by atoms with Crippen LogP contribution in [0.1, 0.15) is 32.1 Å². The molecule has 1 N–H and O–H groups in total. The van der Waals surface area contributed by atoms with Crippen molar-refractivity contribution in [1.82, 2.24) is 4.90 Å². The zero-order chi connectivity index (χ0) is 10.4. The lowest BCUT2D eigenvalue weighted by molar-refractivity contribution is -0.108. The van der Waals surface area contributed by atoms with Crippen molar-refractivity contribution in [2.45, 2.75) is 32.1 Å². The van der Waals surface area contributed by atoms with E-state index in [0.717, 1.165) is 12.8 Å². The molecule has 1 aliphatic carbocycles. The van der Waals surface area contributed by atoms with E-state index >= 15 is 0 Å². The molecule has 0 atom stereocenters. The van der Waals surface area contributed by atoms with Crippen molar-refractivity contribution in [1.29, 1.82) is 0 Å². The lowest BCUT2D eigenvalue weighted by Crippen LogP contribution is -2.36. The fourth-order valence-corrected chi connectivity index (χ4v) is 2.00. The highest BCUT2D eigenvalue weighted by molar-refractivity contribution is 5.69. The molecule has 14 heavy (non-hydrogen) atoms. The van der Waals surface area contributed by atoms with Crippen LogP contribution in [-0.4, -0.2) is 35.5 Å². The largest absolute Gasteiger partial charge is 0.465 e. The molecule has 1 amide bonds. The molecule has 1 aliphatic rings. The quantitative estimate of drug-likeness (QED) is 0.702. The Bertz CT molecular complexity index is 200. The number of carbonyl (C=O) groups is 2. The topological polar surface area (TPSA) is 57.6 Å². The molecule has 4 heteroatoms. The van der Waals surface area contributed by atoms with Crippen molar-refractivity contribution < 1.29 is 14.7 Å². The Morgan fingerprint density at radius 1 is 1.36 bits per heavy atom. The summed E-state index contributed by atoms with van der Waals surface area (Å²) in [7, 11) is 0. The first-order chi connectivity index (χ1) is 6.74. The highest BCUT2D eigenvalue weighted by atomic mass is 16.4. The molecule has 0 unspecified atom stereocenters. The van der Waals surface area contributed by atoms with Crippen LogP contribution in [0.4, 0.5) is 4.79 Å². The summed E-state index contributed by atoms with van der Waals surface area (Å²) in [5.41, 5.74) is 0. The van der Waals surface area contributed by atoms with Gasteiger partial charge in [0.15, 0.2) is 0 Å². The Hall–Kier alpha value is -1.06. The summed E-state index contributed by atoms with van der Waals surface area (Å²) >= 11 is 0. The fraction of sp³-hybridized carbons (Fsp3) is 0.800. The molecule has 0 aromatic heterocycles. The van der Waals surface area contributed by atoms with Crippen molar-refractivity contribution in [2.75, 3.05) is 13.1 Å². The Labute approximate surface area is 83.9 Å². The number of aldehydes is 1. The number of hydrogen-bond donors (Lipinski definition) is 1. The molecule has 0 spiro atoms. The maximum Gasteiger partial charge on any atom is 0.407 e. The highest BCUT2D eigenvalue weighted by Crippen LogP contribution is 2.24. The van der Waals surface area contributed by atoms with Crippen molar-refractivity contribution in [2.24, 2.45) is 5.92 Å². The number of carbonyl (C=O) groups excluding carboxylic acids is 1. The van der Waals surface area contributed by atoms with Gasteiger partial charge in [0.05, 0.1) is 6.54 Å². The van der Waals surface area contributed by atoms with Crippen LogP contribution in [0, 0.1) is 5.92 Å². The van der Waals surface area contributed by atoms with Gasteiger partial charge in [0.1, 0.15) is 6.29 Å². The lowest BCUT2D eigenvalue weighted by Gasteiger charge is -2.26. The fourth-order valence-electron chi connectivity index (χ4n) is 2.00. The number of carboxylic acid groups (broad SMARTS) is 1. The first-order valence-corrected chi connectivity index (χ1v) is 5.15. The molecule has 1 fully saturated rings. The van der Waals surface area contributed by atoms with Crippen molar-refractivity contribution in [3.63, 3.8) is 0 Å². The van der Waals surface area contributed by atoms with Gasteiger partial charge in [-0.05, 0) is 18.8 Å². The van der Waals surface area contributed by atoms with Crippen molar-refractivity contribution in [3.05, 3.63) is 0 Å². The molecule has 0 aromatic carbocycles. The Balaban J connectivity index is 2.36. The number of nitrogens with zero attached hydrogens (tertiary/aromatic N) is 1. The summed E-state index contributed by atoms with van der Waals surface area (Å²) in [5.74, 6) is 0.458. The van der Waals surface area contributed by atoms with Crippen LogP contribution in [0.25, 0.3) is 0 Å². The average Bonchev–Trinajstić information content (AvgIpc) is 2.18. The van der Waals surface area contributed by atoms with Crippen LogP contribution >= 0.6 is 0 Å². The van der Waals surface area contributed by atoms with Gasteiger partial charge in [-0.15, -0.1) is 0 Å². The van der Waals surface area contributed by atoms with E-state index in [1.807, 2.05) is 0 Å². The number of rotatable bonds is 4. The summed E-state index contributed by atoms with van der Waals surface area (Å²) in [6, 6.07) is 0. The van der Waals surface area contributed by atoms with Crippen molar-refractivity contribution in [3.8, 4) is 0 Å². The zero-order valence-corrected chi connectivity index (χ0v) is 8.32. The third-order valence-electron chi connectivity index (χ3n) is 2.77. The second-order valence-electron chi connectivity index (χ2n) is 3.86. The molecular weight excluding hydrogens is 182 g/mol. The molecule has 0 radical (unpaired) electrons. The van der Waals surface area contributed by atoms with Gasteiger partial charge in [-0.2, -0.15) is 0 Å². The monoisotopic (exact) mass is 199 g/mol. The van der Waals surface area contributed by atoms with E-state index < -0.39 is 6.09 Å². The minimum absolute atomic E-state index is 0.00579. The minimum Gasteiger partial charge on any atom is -0.465 e. The Morgan fingerprint density at radius 2 is 2.00 bits per heavy atom. The second-order valence-corrected chi connectivity index (χ2v) is 3.86. The molecule has 0 saturated heterocycles. The molecule has 1 rings (SSSR count). The van der Waals surface area contributed by atoms with Gasteiger partial charge in [-0.25, -0.2) is 4.79 Å². The van der Waals surface area contributed by atoms with E-state index in [1.54, 1.807) is 0 Å². The zero-order valence-electron chi connectivity index (χ0n) is 8.32. The van der Waals surface area contributed by atoms with Crippen LogP contribution < -0.4 is 0 Å². The van der Waals surface area contributed by atoms with Crippen LogP contribution in [0.2, 0.25) is 0 Å². The molecule has 1 saturated carbocycles. The standard InChI is InChI=1S/C10H17NO3/c12-7-6-11(10(13)14)8-9-4-2-1-3-5-9/h7,9H,1-6,8H2,(H,13,14). The molecule has 80 valence electrons. The summed E-state index contributed by atoms with van der Waals surface area (Å²) in [5, 5.41) is 8.80. The average molecular weight is 199 g/mol. The third-order valence-corrected chi connectivity index (χ3v) is 2.77. The molecule has 0 bridgehead atoms. The first kappa shape index (κ1) is 11.0. The van der Waals surface area contributed by atoms with Gasteiger partial charge >= 0.3 is 6.09 Å². The molecule has 4 nitrogen and oxygen atoms in total. The summed E-state index contributed by atoms with van der Waals surface area (Å²) in [6.45, 7) is 0.528. The van der Waals surface area contributed by atoms with E-state index in [2.05, 4.69) is 0 Å². The maximum absolute atomic E-state index is 10.7. The highest BCUT2D eigenvalue weighted by Gasteiger charge is 2.19. The van der Waals surface area contributed by atoms with Crippen LogP contribution in [0.5, 0.6) is 0 Å². The summed E-state index contributed by atoms with van der Waals surface area (Å²) in [4.78, 5) is 22.2. The first-order valence-electron chi connectivity index (χ1n) is 5.15. The van der Waals surface area contributed by atoms with Crippen LogP contribution in [0.3, 0.4) is 0 Å². The molecular formula is C10H17NO3. The summed E-state index contributed by atoms with van der Waals surface area (Å²) < 4.78 is 0. The second kappa shape index (κ2) is 5.62. The van der Waals surface area contributed by atoms with E-state index in [9.17, 15) is 9.59 Å². The SMILES string of the molecule is O=CCN(CC1CCCCC1)C(=O)O. The lowest BCUT2D eigenvalue weighted by atomic mass is 9.89. The van der Waals surface area contributed by atoms with E-state index in [4.69, 9.17) is 5.11 Å². The van der Waals surface area contributed by atoms with Gasteiger partial charge in [-0.3, -0.25) is 0 Å². The maximum atomic E-state index is 10.7. The van der Waals surface area contributed by atoms with E-state index in [1.165, 1.54) is 24.2 Å². The molecule has 0 aromatic rings. The predicted octanol–water partition coefficient (Wildman–Crippen LogP) is 1.75. The van der Waals surface area contributed by atoms with Crippen LogP contribution in [0.15, 0.2) is 0 Å². The Kier molecular flexibility index (Phi) is 4.43. The third kappa shape index (κ3) is 3.36. The van der Waals surface area contributed by atoms with Crippen molar-refractivity contribution >= 4 is 12.4 Å². The number of amides is 1. The molecule has 0 aliphatic heterocycles. The Morgan fingerprint density at radius 3 is 2.50 bits per heavy atom. The summed E-state index contributed by atoms with van der Waals surface area (Å²) in [6.07, 6.45) is 5.51.